The van der Waals surface area contributed by atoms with Crippen molar-refractivity contribution < 1.29 is 22.6 Å². The molecule has 0 bridgehead atoms. The smallest absolute Gasteiger partial charge is 0.228 e. The van der Waals surface area contributed by atoms with Crippen LogP contribution in [0.5, 0.6) is 0 Å². The van der Waals surface area contributed by atoms with Gasteiger partial charge in [-0.1, -0.05) is 35.8 Å². The molecule has 0 fully saturated rings. The Hall–Kier alpha value is -2.62. The molecule has 0 saturated carbocycles. The molecule has 23 heavy (non-hydrogen) atoms. The van der Waals surface area contributed by atoms with Gasteiger partial charge in [0.15, 0.2) is 0 Å². The summed E-state index contributed by atoms with van der Waals surface area (Å²) in [6.07, 6.45) is 0.228. The van der Waals surface area contributed by atoms with E-state index in [0.29, 0.717) is 0 Å². The number of rotatable bonds is 3. The predicted molar refractivity (Wildman–Crippen MR) is 92.5 cm³/mol. The van der Waals surface area contributed by atoms with E-state index in [-0.39, 0.29) is 50.7 Å². The Morgan fingerprint density at radius 3 is 2.74 bits per heavy atom. The first-order valence-electron chi connectivity index (χ1n) is 13.2. The molecule has 1 amide bonds. The van der Waals surface area contributed by atoms with Gasteiger partial charge in [-0.3, -0.25) is 4.79 Å². The van der Waals surface area contributed by atoms with Gasteiger partial charge in [0.25, 0.3) is 0 Å². The van der Waals surface area contributed by atoms with Gasteiger partial charge in [-0.2, -0.15) is 0 Å². The van der Waals surface area contributed by atoms with Crippen LogP contribution in [0.1, 0.15) is 34.6 Å². The highest BCUT2D eigenvalue weighted by molar-refractivity contribution is 5.81. The fourth-order valence-electron chi connectivity index (χ4n) is 2.18. The van der Waals surface area contributed by atoms with Crippen molar-refractivity contribution in [1.82, 2.24) is 14.3 Å². The largest absolute Gasteiger partial charge is 0.348 e. The van der Waals surface area contributed by atoms with Crippen molar-refractivity contribution >= 4 is 11.6 Å². The summed E-state index contributed by atoms with van der Waals surface area (Å²) in [7, 11) is 0. The number of hydrogen-bond acceptors (Lipinski definition) is 2. The molecule has 3 rings (SSSR count). The average Bonchev–Trinajstić information content (AvgIpc) is 3.05. The van der Waals surface area contributed by atoms with Crippen LogP contribution in [0.15, 0.2) is 42.5 Å². The number of benzene rings is 1. The number of hydrogen-bond donors (Lipinski definition) is 0. The summed E-state index contributed by atoms with van der Waals surface area (Å²) >= 11 is 0. The molecule has 0 unspecified atom stereocenters. The average molecular weight is 320 g/mol. The number of aryl methyl sites for hydroxylation is 1. The Morgan fingerprint density at radius 2 is 2.04 bits per heavy atom. The van der Waals surface area contributed by atoms with Gasteiger partial charge in [-0.05, 0) is 25.4 Å². The Bertz CT molecular complexity index is 1310. The van der Waals surface area contributed by atoms with Gasteiger partial charge in [0.2, 0.25) is 5.91 Å². The van der Waals surface area contributed by atoms with E-state index >= 15 is 0 Å². The number of nitrogens with zero attached hydrogens (tertiary/aromatic N) is 3. The van der Waals surface area contributed by atoms with Gasteiger partial charge in [-0.25, -0.2) is 4.98 Å². The number of fused-ring (bicyclic) bond motifs is 1. The zero-order valence-electron chi connectivity index (χ0n) is 25.2. The fourth-order valence-corrected chi connectivity index (χ4v) is 2.18. The summed E-state index contributed by atoms with van der Waals surface area (Å²) < 4.78 is 102. The lowest BCUT2D eigenvalue weighted by Gasteiger charge is -2.11. The zero-order valence-corrected chi connectivity index (χ0v) is 12.2. The molecule has 0 radical (unpaired) electrons. The SMILES string of the molecule is [2H]c1c([2H])c(-c2nc3ccc(C([2H])([2H])[2H])cn3c2CC(=O)N(C([2H])([2H])[2H])C([2H])([2H])[2H])c([2H])c([2H])c1C. The molecule has 0 aliphatic heterocycles. The monoisotopic (exact) mass is 320 g/mol. The maximum absolute atomic E-state index is 13.1. The lowest BCUT2D eigenvalue weighted by atomic mass is 10.1. The minimum Gasteiger partial charge on any atom is -0.348 e. The molecule has 0 aliphatic carbocycles. The molecule has 0 atom stereocenters. The van der Waals surface area contributed by atoms with Crippen molar-refractivity contribution in [3.05, 3.63) is 59.3 Å². The van der Waals surface area contributed by atoms with E-state index < -0.39 is 45.2 Å². The molecule has 3 aromatic rings. The third-order valence-electron chi connectivity index (χ3n) is 3.27. The molecule has 1 aromatic carbocycles. The van der Waals surface area contributed by atoms with Crippen molar-refractivity contribution in [3.8, 4) is 11.3 Å². The van der Waals surface area contributed by atoms with Crippen LogP contribution in [0.25, 0.3) is 16.9 Å². The van der Waals surface area contributed by atoms with E-state index in [9.17, 15) is 4.79 Å². The van der Waals surface area contributed by atoms with E-state index in [1.165, 1.54) is 19.1 Å². The van der Waals surface area contributed by atoms with Crippen molar-refractivity contribution in [2.45, 2.75) is 20.2 Å². The van der Waals surface area contributed by atoms with Crippen LogP contribution in [-0.4, -0.2) is 34.1 Å². The standard InChI is InChI=1S/C19H21N3O/c1-13-5-8-15(9-6-13)19-16(11-18(23)21(3)4)22-12-14(2)7-10-17(22)20-19/h5-10,12H,11H2,1-4H3/i2D3,3D3,4D3,5D,6D,8D,9D. The fraction of sp³-hybridized carbons (Fsp3) is 0.263. The summed E-state index contributed by atoms with van der Waals surface area (Å²) in [4.78, 5) is 17.1. The van der Waals surface area contributed by atoms with Crippen LogP contribution >= 0.6 is 0 Å². The quantitative estimate of drug-likeness (QED) is 0.743. The molecular weight excluding hydrogens is 286 g/mol. The summed E-state index contributed by atoms with van der Waals surface area (Å²) in [5, 5.41) is 0. The molecule has 0 spiro atoms. The number of carbonyl (C=O) groups is 1. The summed E-state index contributed by atoms with van der Waals surface area (Å²) in [6, 6.07) is 0.863. The third-order valence-corrected chi connectivity index (χ3v) is 3.27. The number of likely N-dealkylation sites (N-methyl/N-ethyl adjacent to an activating group) is 1. The Labute approximate surface area is 154 Å². The Morgan fingerprint density at radius 1 is 1.26 bits per heavy atom. The maximum atomic E-state index is 13.1. The number of carbonyl (C=O) groups excluding carboxylic acids is 1. The normalized spacial score (nSPS) is 20.8. The van der Waals surface area contributed by atoms with Crippen molar-refractivity contribution in [2.24, 2.45) is 0 Å². The topological polar surface area (TPSA) is 37.6 Å². The first kappa shape index (κ1) is 6.11. The summed E-state index contributed by atoms with van der Waals surface area (Å²) in [6.45, 7) is -7.84. The highest BCUT2D eigenvalue weighted by Gasteiger charge is 2.18. The Kier molecular flexibility index (Phi) is 1.56. The van der Waals surface area contributed by atoms with Gasteiger partial charge < -0.3 is 9.30 Å². The lowest BCUT2D eigenvalue weighted by molar-refractivity contribution is -0.128. The maximum Gasteiger partial charge on any atom is 0.228 e. The molecule has 4 heteroatoms. The van der Waals surface area contributed by atoms with Crippen LogP contribution in [-0.2, 0) is 11.2 Å². The molecule has 118 valence electrons. The zero-order chi connectivity index (χ0) is 27.5. The van der Waals surface area contributed by atoms with Crippen LogP contribution < -0.4 is 0 Å². The van der Waals surface area contributed by atoms with Crippen LogP contribution in [0.2, 0.25) is 0 Å². The van der Waals surface area contributed by atoms with Crippen molar-refractivity contribution in [1.29, 1.82) is 0 Å². The van der Waals surface area contributed by atoms with Gasteiger partial charge in [0.05, 0.1) is 23.3 Å². The van der Waals surface area contributed by atoms with Crippen LogP contribution in [0.4, 0.5) is 0 Å². The highest BCUT2D eigenvalue weighted by atomic mass is 16.2. The summed E-state index contributed by atoms with van der Waals surface area (Å²) in [5.41, 5.74) is -0.766. The second kappa shape index (κ2) is 5.88. The molecule has 0 saturated heterocycles. The summed E-state index contributed by atoms with van der Waals surface area (Å²) in [5.74, 6) is -1.36. The lowest BCUT2D eigenvalue weighted by Crippen LogP contribution is -2.24. The predicted octanol–water partition coefficient (Wildman–Crippen LogP) is 3.25. The first-order chi connectivity index (χ1) is 16.3. The molecule has 0 aliphatic rings. The number of imidazole rings is 1. The highest BCUT2D eigenvalue weighted by Crippen LogP contribution is 2.26. The van der Waals surface area contributed by atoms with Gasteiger partial charge in [0.1, 0.15) is 5.65 Å². The first-order valence-corrected chi connectivity index (χ1v) is 6.68. The Balaban J connectivity index is 2.37. The van der Waals surface area contributed by atoms with E-state index in [1.54, 1.807) is 0 Å². The van der Waals surface area contributed by atoms with Gasteiger partial charge in [-0.15, -0.1) is 0 Å². The number of pyridine rings is 1. The second-order valence-electron chi connectivity index (χ2n) is 4.96. The molecule has 0 N–H and O–H groups in total. The minimum atomic E-state index is -3.33. The minimum absolute atomic E-state index is 0.0625. The molecule has 4 nitrogen and oxygen atoms in total. The third kappa shape index (κ3) is 2.97. The van der Waals surface area contributed by atoms with E-state index in [4.69, 9.17) is 17.8 Å². The van der Waals surface area contributed by atoms with Crippen molar-refractivity contribution in [3.63, 3.8) is 0 Å². The molecular formula is C19H21N3O. The van der Waals surface area contributed by atoms with Gasteiger partial charge >= 0.3 is 0 Å². The van der Waals surface area contributed by atoms with Crippen molar-refractivity contribution in [2.75, 3.05) is 14.0 Å². The van der Waals surface area contributed by atoms with E-state index in [2.05, 4.69) is 4.98 Å². The second-order valence-corrected chi connectivity index (χ2v) is 4.96. The number of aromatic nitrogens is 2. The van der Waals surface area contributed by atoms with Gasteiger partial charge in [0, 0.05) is 38.0 Å². The number of amides is 1. The van der Waals surface area contributed by atoms with Crippen LogP contribution in [0, 0.1) is 13.8 Å². The van der Waals surface area contributed by atoms with E-state index in [0.717, 1.165) is 10.6 Å². The van der Waals surface area contributed by atoms with E-state index in [1.807, 2.05) is 0 Å². The van der Waals surface area contributed by atoms with Crippen LogP contribution in [0.3, 0.4) is 0 Å². The molecule has 2 heterocycles. The molecule has 2 aromatic heterocycles.